The molecule has 2 N–H and O–H groups in total. The second-order valence-electron chi connectivity index (χ2n) is 4.42. The Morgan fingerprint density at radius 2 is 1.92 bits per heavy atom. The van der Waals surface area contributed by atoms with Gasteiger partial charge in [0, 0.05) is 11.8 Å². The fourth-order valence-electron chi connectivity index (χ4n) is 2.93. The van der Waals surface area contributed by atoms with E-state index in [0.717, 1.165) is 12.8 Å². The molecule has 0 aromatic carbocycles. The number of fused-ring (bicyclic) bond motifs is 2. The number of hydrogen-bond acceptors (Lipinski definition) is 3. The number of aliphatic hydroxyl groups is 2. The molecule has 0 spiro atoms. The van der Waals surface area contributed by atoms with Gasteiger partial charge < -0.3 is 10.2 Å². The Morgan fingerprint density at radius 3 is 2.17 bits per heavy atom. The first kappa shape index (κ1) is 8.20. The van der Waals surface area contributed by atoms with Crippen LogP contribution in [0.2, 0.25) is 0 Å². The van der Waals surface area contributed by atoms with Crippen LogP contribution in [0.15, 0.2) is 0 Å². The first-order chi connectivity index (χ1) is 5.38. The smallest absolute Gasteiger partial charge is 0.170 e. The number of rotatable bonds is 0. The van der Waals surface area contributed by atoms with Gasteiger partial charge in [0.2, 0.25) is 0 Å². The summed E-state index contributed by atoms with van der Waals surface area (Å²) in [6.45, 7) is 3.18. The number of carbonyl (C=O) groups excluding carboxylic acids is 1. The van der Waals surface area contributed by atoms with Crippen molar-refractivity contribution < 1.29 is 15.0 Å². The highest BCUT2D eigenvalue weighted by atomic mass is 16.3. The van der Waals surface area contributed by atoms with Gasteiger partial charge in [-0.2, -0.15) is 0 Å². The third-order valence-corrected chi connectivity index (χ3v) is 3.65. The Balaban J connectivity index is 2.47. The molecule has 0 heterocycles. The largest absolute Gasteiger partial charge is 0.389 e. The zero-order chi connectivity index (χ0) is 9.15. The molecule has 0 aromatic rings. The molecule has 0 saturated heterocycles. The van der Waals surface area contributed by atoms with Crippen LogP contribution in [0.5, 0.6) is 0 Å². The summed E-state index contributed by atoms with van der Waals surface area (Å²) < 4.78 is 0. The van der Waals surface area contributed by atoms with Gasteiger partial charge in [0.15, 0.2) is 5.78 Å². The fraction of sp³-hybridized carbons (Fsp3) is 0.889. The summed E-state index contributed by atoms with van der Waals surface area (Å²) in [5, 5.41) is 19.7. The highest BCUT2D eigenvalue weighted by Crippen LogP contribution is 2.54. The van der Waals surface area contributed by atoms with Gasteiger partial charge in [-0.15, -0.1) is 0 Å². The summed E-state index contributed by atoms with van der Waals surface area (Å²) in [5.41, 5.74) is -2.26. The summed E-state index contributed by atoms with van der Waals surface area (Å²) in [6, 6.07) is 0. The van der Waals surface area contributed by atoms with Crippen molar-refractivity contribution in [3.63, 3.8) is 0 Å². The molecule has 68 valence electrons. The highest BCUT2D eigenvalue weighted by molar-refractivity contribution is 5.94. The summed E-state index contributed by atoms with van der Waals surface area (Å²) in [7, 11) is 0. The van der Waals surface area contributed by atoms with Crippen molar-refractivity contribution in [3.05, 3.63) is 0 Å². The van der Waals surface area contributed by atoms with Crippen molar-refractivity contribution >= 4 is 5.78 Å². The van der Waals surface area contributed by atoms with Crippen LogP contribution in [0.1, 0.15) is 26.7 Å². The van der Waals surface area contributed by atoms with E-state index in [1.54, 1.807) is 6.92 Å². The summed E-state index contributed by atoms with van der Waals surface area (Å²) in [4.78, 5) is 11.5. The monoisotopic (exact) mass is 170 g/mol. The summed E-state index contributed by atoms with van der Waals surface area (Å²) in [5.74, 6) is -0.774. The van der Waals surface area contributed by atoms with E-state index >= 15 is 0 Å². The molecule has 3 heteroatoms. The average Bonchev–Trinajstić information content (AvgIpc) is 2.27. The lowest BCUT2D eigenvalue weighted by Crippen LogP contribution is -2.42. The molecule has 0 radical (unpaired) electrons. The summed E-state index contributed by atoms with van der Waals surface area (Å²) >= 11 is 0. The zero-order valence-corrected chi connectivity index (χ0v) is 7.37. The van der Waals surface area contributed by atoms with Crippen LogP contribution >= 0.6 is 0 Å². The second kappa shape index (κ2) is 1.91. The Bertz CT molecular complexity index is 242. The van der Waals surface area contributed by atoms with E-state index in [-0.39, 0.29) is 17.6 Å². The number of carbonyl (C=O) groups is 1. The van der Waals surface area contributed by atoms with Crippen LogP contribution in [-0.2, 0) is 4.79 Å². The minimum Gasteiger partial charge on any atom is -0.389 e. The topological polar surface area (TPSA) is 57.5 Å². The third-order valence-electron chi connectivity index (χ3n) is 3.65. The average molecular weight is 170 g/mol. The van der Waals surface area contributed by atoms with E-state index in [0.29, 0.717) is 0 Å². The predicted molar refractivity (Wildman–Crippen MR) is 42.5 cm³/mol. The minimum atomic E-state index is -1.29. The molecule has 2 aliphatic rings. The van der Waals surface area contributed by atoms with Crippen molar-refractivity contribution in [3.8, 4) is 0 Å². The van der Waals surface area contributed by atoms with E-state index in [1.165, 1.54) is 6.92 Å². The molecule has 4 unspecified atom stereocenters. The van der Waals surface area contributed by atoms with Gasteiger partial charge >= 0.3 is 0 Å². The molecule has 2 fully saturated rings. The lowest BCUT2D eigenvalue weighted by atomic mass is 9.84. The molecule has 2 rings (SSSR count). The van der Waals surface area contributed by atoms with Crippen LogP contribution in [0.4, 0.5) is 0 Å². The maximum Gasteiger partial charge on any atom is 0.170 e. The molecular formula is C9H14O3. The van der Waals surface area contributed by atoms with Gasteiger partial charge in [-0.1, -0.05) is 0 Å². The van der Waals surface area contributed by atoms with Crippen molar-refractivity contribution in [2.24, 2.45) is 11.8 Å². The molecule has 0 aliphatic heterocycles. The molecule has 4 atom stereocenters. The van der Waals surface area contributed by atoms with E-state index < -0.39 is 11.2 Å². The molecular weight excluding hydrogens is 156 g/mol. The Hall–Kier alpha value is -0.410. The Morgan fingerprint density at radius 1 is 1.33 bits per heavy atom. The van der Waals surface area contributed by atoms with Crippen LogP contribution in [-0.4, -0.2) is 27.2 Å². The van der Waals surface area contributed by atoms with Gasteiger partial charge in [0.25, 0.3) is 0 Å². The van der Waals surface area contributed by atoms with Gasteiger partial charge in [0.05, 0.1) is 5.60 Å². The lowest BCUT2D eigenvalue weighted by Gasteiger charge is -2.28. The van der Waals surface area contributed by atoms with Crippen molar-refractivity contribution in [1.82, 2.24) is 0 Å². The molecule has 2 saturated carbocycles. The maximum atomic E-state index is 11.5. The molecule has 0 aromatic heterocycles. The molecule has 2 aliphatic carbocycles. The highest BCUT2D eigenvalue weighted by Gasteiger charge is 2.66. The fourth-order valence-corrected chi connectivity index (χ4v) is 2.93. The van der Waals surface area contributed by atoms with E-state index in [9.17, 15) is 15.0 Å². The van der Waals surface area contributed by atoms with Crippen LogP contribution in [0.25, 0.3) is 0 Å². The normalized spacial score (nSPS) is 58.2. The van der Waals surface area contributed by atoms with Gasteiger partial charge in [-0.05, 0) is 26.7 Å². The SMILES string of the molecule is CC1(O)C(=O)C2CCC1C2(C)O. The molecule has 3 nitrogen and oxygen atoms in total. The van der Waals surface area contributed by atoms with Crippen molar-refractivity contribution in [1.29, 1.82) is 0 Å². The minimum absolute atomic E-state index is 0.177. The van der Waals surface area contributed by atoms with Crippen LogP contribution in [0, 0.1) is 11.8 Å². The van der Waals surface area contributed by atoms with E-state index in [4.69, 9.17) is 0 Å². The van der Waals surface area contributed by atoms with Crippen LogP contribution in [0.3, 0.4) is 0 Å². The standard InChI is InChI=1S/C9H14O3/c1-8(11)5-3-4-6(8)9(2,12)7(5)10/h5-6,11-12H,3-4H2,1-2H3. The van der Waals surface area contributed by atoms with Crippen molar-refractivity contribution in [2.75, 3.05) is 0 Å². The number of ketones is 1. The first-order valence-corrected chi connectivity index (χ1v) is 4.37. The lowest BCUT2D eigenvalue weighted by molar-refractivity contribution is -0.140. The van der Waals surface area contributed by atoms with Gasteiger partial charge in [-0.3, -0.25) is 4.79 Å². The number of Topliss-reactive ketones (excluding diaryl/α,β-unsaturated/α-hetero) is 1. The zero-order valence-electron chi connectivity index (χ0n) is 7.37. The Labute approximate surface area is 71.4 Å². The van der Waals surface area contributed by atoms with Crippen molar-refractivity contribution in [2.45, 2.75) is 37.9 Å². The number of hydrogen-bond donors (Lipinski definition) is 2. The molecule has 0 amide bonds. The Kier molecular flexibility index (Phi) is 1.30. The van der Waals surface area contributed by atoms with E-state index in [2.05, 4.69) is 0 Å². The molecule has 2 bridgehead atoms. The maximum absolute atomic E-state index is 11.5. The van der Waals surface area contributed by atoms with E-state index in [1.807, 2.05) is 0 Å². The van der Waals surface area contributed by atoms with Gasteiger partial charge in [-0.25, -0.2) is 0 Å². The predicted octanol–water partition coefficient (Wildman–Crippen LogP) is 0.0973. The first-order valence-electron chi connectivity index (χ1n) is 4.37. The van der Waals surface area contributed by atoms with Crippen LogP contribution < -0.4 is 0 Å². The summed E-state index contributed by atoms with van der Waals surface area (Å²) in [6.07, 6.45) is 1.49. The molecule has 12 heavy (non-hydrogen) atoms. The third kappa shape index (κ3) is 0.666. The van der Waals surface area contributed by atoms with Gasteiger partial charge in [0.1, 0.15) is 5.60 Å². The quantitative estimate of drug-likeness (QED) is 0.542. The second-order valence-corrected chi connectivity index (χ2v) is 4.42.